The minimum Gasteiger partial charge on any atom is -0.210 e. The van der Waals surface area contributed by atoms with E-state index in [-0.39, 0.29) is 9.62 Å². The van der Waals surface area contributed by atoms with Gasteiger partial charge in [0.05, 0.1) is 8.81 Å². The van der Waals surface area contributed by atoms with E-state index in [1.807, 2.05) is 0 Å². The first-order valence-electron chi connectivity index (χ1n) is 4.77. The monoisotopic (exact) mass is 343 g/mol. The van der Waals surface area contributed by atoms with E-state index in [2.05, 4.69) is 27.6 Å². The quantitative estimate of drug-likeness (QED) is 0.911. The first kappa shape index (κ1) is 12.8. The molecule has 0 bridgehead atoms. The van der Waals surface area contributed by atoms with Gasteiger partial charge in [-0.1, -0.05) is 18.5 Å². The zero-order valence-electron chi connectivity index (χ0n) is 8.59. The van der Waals surface area contributed by atoms with Crippen LogP contribution in [0.5, 0.6) is 0 Å². The molecule has 1 aromatic heterocycles. The molecule has 0 aliphatic heterocycles. The van der Waals surface area contributed by atoms with Gasteiger partial charge in [0.2, 0.25) is 10.0 Å². The molecule has 1 heterocycles. The number of sulfonamides is 1. The van der Waals surface area contributed by atoms with E-state index in [9.17, 15) is 8.42 Å². The van der Waals surface area contributed by atoms with Gasteiger partial charge in [-0.15, -0.1) is 11.3 Å². The minimum atomic E-state index is -3.40. The third-order valence-corrected chi connectivity index (χ3v) is 7.03. The fourth-order valence-electron chi connectivity index (χ4n) is 1.19. The maximum atomic E-state index is 11.9. The van der Waals surface area contributed by atoms with Gasteiger partial charge >= 0.3 is 0 Å². The average Bonchev–Trinajstić information content (AvgIpc) is 2.84. The summed E-state index contributed by atoms with van der Waals surface area (Å²) in [6.07, 6.45) is 2.18. The van der Waals surface area contributed by atoms with Crippen LogP contribution in [0.1, 0.15) is 19.8 Å². The van der Waals surface area contributed by atoms with E-state index in [1.165, 1.54) is 6.07 Å². The highest BCUT2D eigenvalue weighted by Crippen LogP contribution is 2.44. The standard InChI is InChI=1S/C9H11BrClNO2S2/c1-9(2-3-9)5-12-16(13,14)7-4-6(11)8(10)15-7/h4,12H,2-3,5H2,1H3. The van der Waals surface area contributed by atoms with Crippen LogP contribution in [0.3, 0.4) is 0 Å². The third kappa shape index (κ3) is 2.79. The van der Waals surface area contributed by atoms with Crippen LogP contribution in [0.4, 0.5) is 0 Å². The molecular weight excluding hydrogens is 334 g/mol. The normalized spacial score (nSPS) is 18.7. The minimum absolute atomic E-state index is 0.158. The lowest BCUT2D eigenvalue weighted by Gasteiger charge is -2.09. The molecule has 90 valence electrons. The molecule has 1 aliphatic carbocycles. The molecule has 0 atom stereocenters. The lowest BCUT2D eigenvalue weighted by Crippen LogP contribution is -2.28. The van der Waals surface area contributed by atoms with E-state index in [0.29, 0.717) is 15.4 Å². The molecule has 7 heteroatoms. The Morgan fingerprint density at radius 1 is 1.62 bits per heavy atom. The van der Waals surface area contributed by atoms with Crippen LogP contribution < -0.4 is 4.72 Å². The molecule has 1 aromatic rings. The van der Waals surface area contributed by atoms with E-state index in [0.717, 1.165) is 24.2 Å². The highest BCUT2D eigenvalue weighted by Gasteiger charge is 2.38. The molecule has 2 rings (SSSR count). The maximum absolute atomic E-state index is 11.9. The summed E-state index contributed by atoms with van der Waals surface area (Å²) < 4.78 is 27.3. The highest BCUT2D eigenvalue weighted by molar-refractivity contribution is 9.11. The molecular formula is C9H11BrClNO2S2. The molecule has 3 nitrogen and oxygen atoms in total. The Kier molecular flexibility index (Phi) is 3.40. The van der Waals surface area contributed by atoms with Crippen LogP contribution in [0, 0.1) is 5.41 Å². The second-order valence-corrected chi connectivity index (χ2v) is 9.09. The number of rotatable bonds is 4. The van der Waals surface area contributed by atoms with Gasteiger partial charge in [0.1, 0.15) is 4.21 Å². The van der Waals surface area contributed by atoms with Gasteiger partial charge < -0.3 is 0 Å². The van der Waals surface area contributed by atoms with Crippen LogP contribution in [0.2, 0.25) is 5.02 Å². The number of hydrogen-bond acceptors (Lipinski definition) is 3. The van der Waals surface area contributed by atoms with Crippen molar-refractivity contribution in [3.8, 4) is 0 Å². The van der Waals surface area contributed by atoms with Crippen molar-refractivity contribution in [3.05, 3.63) is 14.9 Å². The Morgan fingerprint density at radius 3 is 2.69 bits per heavy atom. The molecule has 1 N–H and O–H groups in total. The Hall–Kier alpha value is 0.380. The zero-order valence-corrected chi connectivity index (χ0v) is 12.6. The topological polar surface area (TPSA) is 46.2 Å². The predicted molar refractivity (Wildman–Crippen MR) is 69.6 cm³/mol. The van der Waals surface area contributed by atoms with Gasteiger partial charge in [0.25, 0.3) is 0 Å². The van der Waals surface area contributed by atoms with E-state index in [1.54, 1.807) is 0 Å². The number of halogens is 2. The molecule has 0 spiro atoms. The number of nitrogens with one attached hydrogen (secondary N) is 1. The van der Waals surface area contributed by atoms with Gasteiger partial charge in [-0.2, -0.15) is 0 Å². The Morgan fingerprint density at radius 2 is 2.25 bits per heavy atom. The average molecular weight is 345 g/mol. The van der Waals surface area contributed by atoms with Gasteiger partial charge in [-0.05, 0) is 40.3 Å². The molecule has 0 radical (unpaired) electrons. The first-order chi connectivity index (χ1) is 7.32. The van der Waals surface area contributed by atoms with Gasteiger partial charge in [-0.3, -0.25) is 0 Å². The lowest BCUT2D eigenvalue weighted by atomic mass is 10.2. The second kappa shape index (κ2) is 4.24. The van der Waals surface area contributed by atoms with Crippen LogP contribution in [0.25, 0.3) is 0 Å². The molecule has 1 fully saturated rings. The van der Waals surface area contributed by atoms with Crippen molar-refractivity contribution in [1.29, 1.82) is 0 Å². The molecule has 0 saturated heterocycles. The summed E-state index contributed by atoms with van der Waals surface area (Å²) in [5.41, 5.74) is 0.158. The first-order valence-corrected chi connectivity index (χ1v) is 8.24. The summed E-state index contributed by atoms with van der Waals surface area (Å²) in [4.78, 5) is 0. The SMILES string of the molecule is CC1(CNS(=O)(=O)c2cc(Cl)c(Br)s2)CC1. The van der Waals surface area contributed by atoms with E-state index in [4.69, 9.17) is 11.6 Å². The van der Waals surface area contributed by atoms with Crippen molar-refractivity contribution >= 4 is 48.9 Å². The Labute approximate surface area is 112 Å². The van der Waals surface area contributed by atoms with Crippen molar-refractivity contribution in [2.45, 2.75) is 24.0 Å². The summed E-state index contributed by atoms with van der Waals surface area (Å²) >= 11 is 10.1. The van der Waals surface area contributed by atoms with Gasteiger partial charge in [0, 0.05) is 6.54 Å². The van der Waals surface area contributed by atoms with Crippen LogP contribution in [-0.2, 0) is 10.0 Å². The highest BCUT2D eigenvalue weighted by atomic mass is 79.9. The zero-order chi connectivity index (χ0) is 12.0. The van der Waals surface area contributed by atoms with Gasteiger partial charge in [0.15, 0.2) is 0 Å². The third-order valence-electron chi connectivity index (χ3n) is 2.68. The van der Waals surface area contributed by atoms with Crippen molar-refractivity contribution < 1.29 is 8.42 Å². The molecule has 1 saturated carbocycles. The molecule has 1 aliphatic rings. The van der Waals surface area contributed by atoms with E-state index >= 15 is 0 Å². The Balaban J connectivity index is 2.12. The van der Waals surface area contributed by atoms with Crippen LogP contribution >= 0.6 is 38.9 Å². The maximum Gasteiger partial charge on any atom is 0.250 e. The summed E-state index contributed by atoms with van der Waals surface area (Å²) in [6, 6.07) is 1.47. The molecule has 0 unspecified atom stereocenters. The fraction of sp³-hybridized carbons (Fsp3) is 0.556. The predicted octanol–water partition coefficient (Wildman–Crippen LogP) is 3.24. The molecule has 0 aromatic carbocycles. The summed E-state index contributed by atoms with van der Waals surface area (Å²) in [5, 5.41) is 0.433. The summed E-state index contributed by atoms with van der Waals surface area (Å²) in [5.74, 6) is 0. The molecule has 16 heavy (non-hydrogen) atoms. The Bertz CT molecular complexity index is 488. The number of thiophene rings is 1. The summed E-state index contributed by atoms with van der Waals surface area (Å²) in [6.45, 7) is 2.58. The van der Waals surface area contributed by atoms with Gasteiger partial charge in [-0.25, -0.2) is 13.1 Å². The molecule has 0 amide bonds. The smallest absolute Gasteiger partial charge is 0.210 e. The van der Waals surface area contributed by atoms with Crippen molar-refractivity contribution in [3.63, 3.8) is 0 Å². The van der Waals surface area contributed by atoms with Crippen molar-refractivity contribution in [2.24, 2.45) is 5.41 Å². The van der Waals surface area contributed by atoms with Crippen molar-refractivity contribution in [2.75, 3.05) is 6.54 Å². The van der Waals surface area contributed by atoms with Crippen LogP contribution in [-0.4, -0.2) is 15.0 Å². The largest absolute Gasteiger partial charge is 0.250 e. The second-order valence-electron chi connectivity index (χ2n) is 4.32. The van der Waals surface area contributed by atoms with Crippen molar-refractivity contribution in [1.82, 2.24) is 4.72 Å². The van der Waals surface area contributed by atoms with Crippen LogP contribution in [0.15, 0.2) is 14.1 Å². The fourth-order valence-corrected chi connectivity index (χ4v) is 4.83. The van der Waals surface area contributed by atoms with E-state index < -0.39 is 10.0 Å². The number of hydrogen-bond donors (Lipinski definition) is 1. The summed E-state index contributed by atoms with van der Waals surface area (Å²) in [7, 11) is -3.40. The lowest BCUT2D eigenvalue weighted by molar-refractivity contribution is 0.531.